The Kier molecular flexibility index (Phi) is 5.62. The first-order valence-corrected chi connectivity index (χ1v) is 8.62. The van der Waals surface area contributed by atoms with Gasteiger partial charge in [0.2, 0.25) is 0 Å². The standard InChI is InChI=1S/C22H22O5/c1-14(2)22(24)27-13-17(23)12-26-21-19-7-5-4-6-15(19)10-16-11-18(25-3)8-9-20(16)21/h4-11,17,23H,1,12-13H2,2-3H3. The maximum Gasteiger partial charge on any atom is 0.333 e. The summed E-state index contributed by atoms with van der Waals surface area (Å²) in [7, 11) is 1.63. The number of hydrogen-bond donors (Lipinski definition) is 1. The van der Waals surface area contributed by atoms with Crippen LogP contribution in [0.15, 0.2) is 60.7 Å². The van der Waals surface area contributed by atoms with Gasteiger partial charge in [-0.15, -0.1) is 0 Å². The number of hydrogen-bond acceptors (Lipinski definition) is 5. The average molecular weight is 366 g/mol. The maximum absolute atomic E-state index is 11.4. The molecular weight excluding hydrogens is 344 g/mol. The molecule has 0 aliphatic heterocycles. The number of aliphatic hydroxyl groups excluding tert-OH is 1. The highest BCUT2D eigenvalue weighted by atomic mass is 16.5. The van der Waals surface area contributed by atoms with Crippen molar-refractivity contribution in [3.8, 4) is 11.5 Å². The van der Waals surface area contributed by atoms with Crippen LogP contribution in [0.1, 0.15) is 6.92 Å². The normalized spacial score (nSPS) is 12.0. The number of aliphatic hydroxyl groups is 1. The van der Waals surface area contributed by atoms with Crippen molar-refractivity contribution in [3.05, 3.63) is 60.7 Å². The summed E-state index contributed by atoms with van der Waals surface area (Å²) >= 11 is 0. The first kappa shape index (κ1) is 18.7. The van der Waals surface area contributed by atoms with Crippen LogP contribution in [0.25, 0.3) is 21.5 Å². The largest absolute Gasteiger partial charge is 0.497 e. The van der Waals surface area contributed by atoms with Crippen LogP contribution in [0.5, 0.6) is 11.5 Å². The highest BCUT2D eigenvalue weighted by Crippen LogP contribution is 2.36. The molecule has 5 heteroatoms. The molecule has 0 aliphatic carbocycles. The smallest absolute Gasteiger partial charge is 0.333 e. The van der Waals surface area contributed by atoms with Crippen LogP contribution >= 0.6 is 0 Å². The van der Waals surface area contributed by atoms with Crippen molar-refractivity contribution < 1.29 is 24.1 Å². The predicted octanol–water partition coefficient (Wildman–Crippen LogP) is 3.86. The van der Waals surface area contributed by atoms with Crippen molar-refractivity contribution in [2.75, 3.05) is 20.3 Å². The fourth-order valence-corrected chi connectivity index (χ4v) is 2.81. The summed E-state index contributed by atoms with van der Waals surface area (Å²) in [6.07, 6.45) is -0.944. The molecule has 140 valence electrons. The van der Waals surface area contributed by atoms with Crippen molar-refractivity contribution in [2.24, 2.45) is 0 Å². The Hall–Kier alpha value is -3.05. The zero-order valence-corrected chi connectivity index (χ0v) is 15.4. The van der Waals surface area contributed by atoms with Gasteiger partial charge in [-0.2, -0.15) is 0 Å². The number of benzene rings is 3. The molecule has 1 N–H and O–H groups in total. The number of carbonyl (C=O) groups excluding carboxylic acids is 1. The van der Waals surface area contributed by atoms with E-state index in [9.17, 15) is 9.90 Å². The summed E-state index contributed by atoms with van der Waals surface area (Å²) in [6, 6.07) is 15.7. The molecule has 27 heavy (non-hydrogen) atoms. The van der Waals surface area contributed by atoms with Gasteiger partial charge in [-0.3, -0.25) is 0 Å². The van der Waals surface area contributed by atoms with Gasteiger partial charge in [0.25, 0.3) is 0 Å². The second-order valence-electron chi connectivity index (χ2n) is 6.36. The third kappa shape index (κ3) is 4.20. The average Bonchev–Trinajstić information content (AvgIpc) is 2.68. The van der Waals surface area contributed by atoms with E-state index in [0.717, 1.165) is 27.3 Å². The van der Waals surface area contributed by atoms with Crippen molar-refractivity contribution in [3.63, 3.8) is 0 Å². The second kappa shape index (κ2) is 8.10. The molecule has 0 heterocycles. The van der Waals surface area contributed by atoms with Gasteiger partial charge in [0.05, 0.1) is 7.11 Å². The first-order valence-electron chi connectivity index (χ1n) is 8.62. The molecule has 1 unspecified atom stereocenters. The van der Waals surface area contributed by atoms with Crippen LogP contribution in [0.4, 0.5) is 0 Å². The minimum absolute atomic E-state index is 0.00138. The van der Waals surface area contributed by atoms with Gasteiger partial charge in [0.15, 0.2) is 0 Å². The number of methoxy groups -OCH3 is 1. The van der Waals surface area contributed by atoms with Crippen LogP contribution < -0.4 is 9.47 Å². The third-order valence-corrected chi connectivity index (χ3v) is 4.20. The molecule has 0 saturated heterocycles. The summed E-state index contributed by atoms with van der Waals surface area (Å²) < 4.78 is 16.2. The Morgan fingerprint density at radius 1 is 1.07 bits per heavy atom. The van der Waals surface area contributed by atoms with E-state index in [0.29, 0.717) is 5.75 Å². The van der Waals surface area contributed by atoms with Crippen LogP contribution in [0.3, 0.4) is 0 Å². The number of esters is 1. The van der Waals surface area contributed by atoms with E-state index in [1.165, 1.54) is 0 Å². The molecule has 1 atom stereocenters. The molecule has 3 aromatic rings. The summed E-state index contributed by atoms with van der Waals surface area (Å²) in [5.41, 5.74) is 0.289. The zero-order chi connectivity index (χ0) is 19.4. The fraction of sp³-hybridized carbons (Fsp3) is 0.227. The van der Waals surface area contributed by atoms with Gasteiger partial charge in [0, 0.05) is 16.3 Å². The Morgan fingerprint density at radius 3 is 2.56 bits per heavy atom. The lowest BCUT2D eigenvalue weighted by atomic mass is 10.0. The second-order valence-corrected chi connectivity index (χ2v) is 6.36. The molecule has 5 nitrogen and oxygen atoms in total. The maximum atomic E-state index is 11.4. The highest BCUT2D eigenvalue weighted by Gasteiger charge is 2.14. The van der Waals surface area contributed by atoms with Crippen LogP contribution in [-0.4, -0.2) is 37.5 Å². The number of ether oxygens (including phenoxy) is 3. The SMILES string of the molecule is C=C(C)C(=O)OCC(O)COc1c2ccccc2cc2cc(OC)ccc12. The van der Waals surface area contributed by atoms with E-state index in [2.05, 4.69) is 12.6 Å². The molecule has 0 aliphatic rings. The quantitative estimate of drug-likeness (QED) is 0.391. The Bertz CT molecular complexity index is 993. The first-order chi connectivity index (χ1) is 13.0. The van der Waals surface area contributed by atoms with Gasteiger partial charge in [-0.25, -0.2) is 4.79 Å². The molecule has 0 aromatic heterocycles. The monoisotopic (exact) mass is 366 g/mol. The van der Waals surface area contributed by atoms with Crippen molar-refractivity contribution in [1.82, 2.24) is 0 Å². The van der Waals surface area contributed by atoms with Crippen LogP contribution in [-0.2, 0) is 9.53 Å². The van der Waals surface area contributed by atoms with Crippen molar-refractivity contribution in [2.45, 2.75) is 13.0 Å². The van der Waals surface area contributed by atoms with Crippen molar-refractivity contribution in [1.29, 1.82) is 0 Å². The third-order valence-electron chi connectivity index (χ3n) is 4.20. The molecule has 3 aromatic carbocycles. The van der Waals surface area contributed by atoms with E-state index < -0.39 is 12.1 Å². The van der Waals surface area contributed by atoms with Crippen molar-refractivity contribution >= 4 is 27.5 Å². The Morgan fingerprint density at radius 2 is 1.81 bits per heavy atom. The molecule has 0 amide bonds. The topological polar surface area (TPSA) is 65.0 Å². The number of carbonyl (C=O) groups is 1. The predicted molar refractivity (Wildman–Crippen MR) is 105 cm³/mol. The van der Waals surface area contributed by atoms with Gasteiger partial charge in [-0.1, -0.05) is 30.8 Å². The molecule has 0 saturated carbocycles. The van der Waals surface area contributed by atoms with Gasteiger partial charge in [0.1, 0.15) is 30.8 Å². The molecule has 0 bridgehead atoms. The molecular formula is C22H22O5. The van der Waals surface area contributed by atoms with Crippen LogP contribution in [0, 0.1) is 0 Å². The van der Waals surface area contributed by atoms with E-state index in [1.54, 1.807) is 14.0 Å². The zero-order valence-electron chi connectivity index (χ0n) is 15.4. The fourth-order valence-electron chi connectivity index (χ4n) is 2.81. The van der Waals surface area contributed by atoms with E-state index >= 15 is 0 Å². The van der Waals surface area contributed by atoms with E-state index in [1.807, 2.05) is 42.5 Å². The number of rotatable bonds is 7. The summed E-state index contributed by atoms with van der Waals surface area (Å²) in [5.74, 6) is 0.906. The van der Waals surface area contributed by atoms with E-state index in [4.69, 9.17) is 14.2 Å². The molecule has 0 spiro atoms. The van der Waals surface area contributed by atoms with Gasteiger partial charge < -0.3 is 19.3 Å². The van der Waals surface area contributed by atoms with Gasteiger partial charge >= 0.3 is 5.97 Å². The minimum atomic E-state index is -0.944. The van der Waals surface area contributed by atoms with E-state index in [-0.39, 0.29) is 18.8 Å². The lowest BCUT2D eigenvalue weighted by Gasteiger charge is -2.16. The summed E-state index contributed by atoms with van der Waals surface area (Å²) in [6.45, 7) is 4.92. The van der Waals surface area contributed by atoms with Gasteiger partial charge in [-0.05, 0) is 42.0 Å². The molecule has 3 rings (SSSR count). The number of fused-ring (bicyclic) bond motifs is 2. The summed E-state index contributed by atoms with van der Waals surface area (Å²) in [4.78, 5) is 11.4. The Labute approximate surface area is 157 Å². The summed E-state index contributed by atoms with van der Waals surface area (Å²) in [5, 5.41) is 14.0. The molecule has 0 radical (unpaired) electrons. The van der Waals surface area contributed by atoms with Crippen LogP contribution in [0.2, 0.25) is 0 Å². The lowest BCUT2D eigenvalue weighted by molar-refractivity contribution is -0.142. The minimum Gasteiger partial charge on any atom is -0.497 e. The highest BCUT2D eigenvalue weighted by molar-refractivity contribution is 6.05. The lowest BCUT2D eigenvalue weighted by Crippen LogP contribution is -2.25. The molecule has 0 fully saturated rings. The Balaban J connectivity index is 1.87.